The minimum absolute atomic E-state index is 0.194. The van der Waals surface area contributed by atoms with Crippen LogP contribution in [0, 0.1) is 0 Å². The van der Waals surface area contributed by atoms with Crippen LogP contribution in [0.3, 0.4) is 0 Å². The lowest BCUT2D eigenvalue weighted by molar-refractivity contribution is 0.503. The summed E-state index contributed by atoms with van der Waals surface area (Å²) in [4.78, 5) is 0. The van der Waals surface area contributed by atoms with E-state index in [4.69, 9.17) is 58.0 Å². The second-order valence-corrected chi connectivity index (χ2v) is 4.17. The first-order valence-electron chi connectivity index (χ1n) is 1.72. The van der Waals surface area contributed by atoms with Crippen molar-refractivity contribution in [3.8, 4) is 0 Å². The zero-order chi connectivity index (χ0) is 7.91. The summed E-state index contributed by atoms with van der Waals surface area (Å²) in [5.74, 6) is 0. The monoisotopic (exact) mass is 234 g/mol. The van der Waals surface area contributed by atoms with Crippen molar-refractivity contribution in [3.05, 3.63) is 0 Å². The molecule has 6 heteroatoms. The molecule has 0 N–H and O–H groups in total. The minimum Gasteiger partial charge on any atom is -0.246 e. The van der Waals surface area contributed by atoms with Crippen molar-refractivity contribution in [2.75, 3.05) is 12.0 Å². The summed E-state index contributed by atoms with van der Waals surface area (Å²) in [6.07, 6.45) is 0. The van der Waals surface area contributed by atoms with Gasteiger partial charge in [-0.05, 0) is 0 Å². The van der Waals surface area contributed by atoms with Gasteiger partial charge in [0.25, 0.3) is 0 Å². The van der Waals surface area contributed by atoms with Crippen LogP contribution in [-0.4, -0.2) is 15.8 Å². The highest BCUT2D eigenvalue weighted by Gasteiger charge is 2.17. The zero-order valence-electron chi connectivity index (χ0n) is 4.18. The topological polar surface area (TPSA) is 0 Å². The third kappa shape index (κ3) is 26.6. The summed E-state index contributed by atoms with van der Waals surface area (Å²) in [6, 6.07) is 0. The molecule has 0 spiro atoms. The smallest absolute Gasteiger partial charge is 0.218 e. The SMILES string of the molecule is ClCCl.FCC(Cl)(Cl)Cl. The Morgan fingerprint density at radius 2 is 1.22 bits per heavy atom. The van der Waals surface area contributed by atoms with E-state index in [-0.39, 0.29) is 5.34 Å². The predicted octanol–water partition coefficient (Wildman–Crippen LogP) is 3.75. The highest BCUT2D eigenvalue weighted by Crippen LogP contribution is 2.25. The molecule has 0 atom stereocenters. The van der Waals surface area contributed by atoms with E-state index in [9.17, 15) is 4.39 Å². The molecule has 0 aromatic heterocycles. The number of hydrogen-bond acceptors (Lipinski definition) is 0. The molecule has 0 aliphatic heterocycles. The molecule has 0 fully saturated rings. The number of rotatable bonds is 0. The lowest BCUT2D eigenvalue weighted by atomic mass is 10.9. The standard InChI is InChI=1S/C2H2Cl3F.CH2Cl2/c3-2(4,5)1-6;2-1-3/h1H2;1H2. The first kappa shape index (κ1) is 13.0. The Hall–Kier alpha value is 1.38. The lowest BCUT2D eigenvalue weighted by Crippen LogP contribution is -2.02. The van der Waals surface area contributed by atoms with Crippen molar-refractivity contribution < 1.29 is 4.39 Å². The van der Waals surface area contributed by atoms with E-state index in [0.29, 0.717) is 0 Å². The van der Waals surface area contributed by atoms with Gasteiger partial charge >= 0.3 is 0 Å². The largest absolute Gasteiger partial charge is 0.246 e. The maximum atomic E-state index is 11.1. The molecule has 0 unspecified atom stereocenters. The fraction of sp³-hybridized carbons (Fsp3) is 1.00. The molecular formula is C3H4Cl5F. The van der Waals surface area contributed by atoms with Gasteiger partial charge in [-0.2, -0.15) is 0 Å². The van der Waals surface area contributed by atoms with Crippen LogP contribution >= 0.6 is 58.0 Å². The van der Waals surface area contributed by atoms with Gasteiger partial charge in [0.05, 0.1) is 5.34 Å². The van der Waals surface area contributed by atoms with Crippen LogP contribution in [0.15, 0.2) is 0 Å². The van der Waals surface area contributed by atoms with Crippen LogP contribution < -0.4 is 0 Å². The molecule has 0 radical (unpaired) electrons. The van der Waals surface area contributed by atoms with Crippen molar-refractivity contribution in [2.24, 2.45) is 0 Å². The van der Waals surface area contributed by atoms with Crippen molar-refractivity contribution in [1.29, 1.82) is 0 Å². The van der Waals surface area contributed by atoms with Gasteiger partial charge in [-0.1, -0.05) is 34.8 Å². The van der Waals surface area contributed by atoms with E-state index in [1.54, 1.807) is 0 Å². The Labute approximate surface area is 78.2 Å². The summed E-state index contributed by atoms with van der Waals surface area (Å²) in [6.45, 7) is -0.933. The maximum absolute atomic E-state index is 11.1. The van der Waals surface area contributed by atoms with Crippen LogP contribution in [0.2, 0.25) is 0 Å². The van der Waals surface area contributed by atoms with E-state index in [1.165, 1.54) is 0 Å². The molecule has 9 heavy (non-hydrogen) atoms. The molecule has 0 saturated heterocycles. The summed E-state index contributed by atoms with van der Waals surface area (Å²) in [5, 5.41) is 0.194. The molecule has 0 aromatic carbocycles. The average molecular weight is 236 g/mol. The Morgan fingerprint density at radius 3 is 1.22 bits per heavy atom. The van der Waals surface area contributed by atoms with Crippen LogP contribution in [-0.2, 0) is 0 Å². The maximum Gasteiger partial charge on any atom is 0.218 e. The fourth-order valence-corrected chi connectivity index (χ4v) is 0. The summed E-state index contributed by atoms with van der Waals surface area (Å²) in [5.41, 5.74) is 0. The normalized spacial score (nSPS) is 10.0. The molecule has 0 aliphatic carbocycles. The van der Waals surface area contributed by atoms with Gasteiger partial charge in [-0.15, -0.1) is 23.2 Å². The Morgan fingerprint density at radius 1 is 1.11 bits per heavy atom. The van der Waals surface area contributed by atoms with Crippen LogP contribution in [0.5, 0.6) is 0 Å². The number of halogens is 6. The second-order valence-electron chi connectivity index (χ2n) is 0.850. The van der Waals surface area contributed by atoms with E-state index in [1.807, 2.05) is 0 Å². The van der Waals surface area contributed by atoms with E-state index >= 15 is 0 Å². The van der Waals surface area contributed by atoms with Gasteiger partial charge in [-0.3, -0.25) is 0 Å². The van der Waals surface area contributed by atoms with Crippen molar-refractivity contribution in [2.45, 2.75) is 3.79 Å². The van der Waals surface area contributed by atoms with Crippen molar-refractivity contribution >= 4 is 58.0 Å². The molecule has 0 nitrogen and oxygen atoms in total. The molecule has 0 bridgehead atoms. The highest BCUT2D eigenvalue weighted by atomic mass is 35.6. The molecule has 0 aliphatic rings. The van der Waals surface area contributed by atoms with E-state index in [2.05, 4.69) is 0 Å². The third-order valence-corrected chi connectivity index (χ3v) is 0.455. The quantitative estimate of drug-likeness (QED) is 0.562. The average Bonchev–Trinajstić information content (AvgIpc) is 1.67. The number of hydrogen-bond donors (Lipinski definition) is 0. The van der Waals surface area contributed by atoms with E-state index in [0.717, 1.165) is 0 Å². The van der Waals surface area contributed by atoms with Gasteiger partial charge in [-0.25, -0.2) is 4.39 Å². The minimum atomic E-state index is -1.71. The zero-order valence-corrected chi connectivity index (χ0v) is 7.96. The third-order valence-electron chi connectivity index (χ3n) is 0.152. The van der Waals surface area contributed by atoms with Gasteiger partial charge in [0.1, 0.15) is 6.67 Å². The highest BCUT2D eigenvalue weighted by molar-refractivity contribution is 6.67. The van der Waals surface area contributed by atoms with E-state index < -0.39 is 10.5 Å². The molecule has 0 heterocycles. The van der Waals surface area contributed by atoms with Gasteiger partial charge in [0.15, 0.2) is 0 Å². The second kappa shape index (κ2) is 7.49. The first-order chi connectivity index (χ1) is 3.97. The van der Waals surface area contributed by atoms with Crippen LogP contribution in [0.25, 0.3) is 0 Å². The van der Waals surface area contributed by atoms with Gasteiger partial charge in [0.2, 0.25) is 3.79 Å². The molecule has 0 aromatic rings. The van der Waals surface area contributed by atoms with Gasteiger partial charge in [0, 0.05) is 0 Å². The molecular weight excluding hydrogens is 232 g/mol. The molecule has 0 rings (SSSR count). The van der Waals surface area contributed by atoms with Crippen molar-refractivity contribution in [3.63, 3.8) is 0 Å². The summed E-state index contributed by atoms with van der Waals surface area (Å²) in [7, 11) is 0. The fourth-order valence-electron chi connectivity index (χ4n) is 0. The molecule has 58 valence electrons. The first-order valence-corrected chi connectivity index (χ1v) is 3.93. The van der Waals surface area contributed by atoms with Crippen LogP contribution in [0.1, 0.15) is 0 Å². The molecule has 0 amide bonds. The Kier molecular flexibility index (Phi) is 10.8. The van der Waals surface area contributed by atoms with Crippen LogP contribution in [0.4, 0.5) is 4.39 Å². The van der Waals surface area contributed by atoms with Crippen molar-refractivity contribution in [1.82, 2.24) is 0 Å². The van der Waals surface area contributed by atoms with Gasteiger partial charge < -0.3 is 0 Å². The predicted molar refractivity (Wildman–Crippen MR) is 42.8 cm³/mol. The lowest BCUT2D eigenvalue weighted by Gasteiger charge is -1.99. The number of alkyl halides is 6. The molecule has 0 saturated carbocycles. The Bertz CT molecular complexity index is 50.7. The Balaban J connectivity index is 0. The summed E-state index contributed by atoms with van der Waals surface area (Å²) >= 11 is 24.1. The summed E-state index contributed by atoms with van der Waals surface area (Å²) < 4.78 is 9.40.